The molecule has 1 aromatic rings. The third kappa shape index (κ3) is 5.61. The summed E-state index contributed by atoms with van der Waals surface area (Å²) in [5.74, 6) is -2.54. The van der Waals surface area contributed by atoms with Crippen molar-refractivity contribution < 1.29 is 39.3 Å². The molecule has 1 aromatic heterocycles. The molecule has 2 amide bonds. The first-order valence-electron chi connectivity index (χ1n) is 8.66. The number of hydrogen-bond acceptors (Lipinski definition) is 9. The fourth-order valence-corrected chi connectivity index (χ4v) is 2.86. The smallest absolute Gasteiger partial charge is 0.326 e. The van der Waals surface area contributed by atoms with Crippen LogP contribution in [-0.4, -0.2) is 72.3 Å². The van der Waals surface area contributed by atoms with E-state index in [-0.39, 0.29) is 24.6 Å². The van der Waals surface area contributed by atoms with E-state index >= 15 is 0 Å². The zero-order chi connectivity index (χ0) is 20.8. The number of nitrogens with two attached hydrogens (primary N) is 1. The number of aromatic nitrogens is 2. The van der Waals surface area contributed by atoms with E-state index in [1.165, 1.54) is 4.90 Å². The molecule has 0 aliphatic carbocycles. The number of carbonyl (C=O) groups excluding carboxylic acids is 1. The SMILES string of the molecule is N[C@@H](CCC(O)O)c1noc([C@@H]2CCCN2C(=O)N[C@@H](CC(=O)O)C(=O)O)n1. The fraction of sp³-hybridized carbons (Fsp3) is 0.667. The van der Waals surface area contributed by atoms with Crippen molar-refractivity contribution in [2.45, 2.75) is 56.5 Å². The van der Waals surface area contributed by atoms with Crippen molar-refractivity contribution in [3.8, 4) is 0 Å². The minimum Gasteiger partial charge on any atom is -0.481 e. The number of nitrogens with zero attached hydrogens (tertiary/aromatic N) is 3. The maximum absolute atomic E-state index is 12.4. The van der Waals surface area contributed by atoms with Gasteiger partial charge in [0.05, 0.1) is 12.5 Å². The van der Waals surface area contributed by atoms with Gasteiger partial charge in [0.2, 0.25) is 5.89 Å². The quantitative estimate of drug-likeness (QED) is 0.274. The summed E-state index contributed by atoms with van der Waals surface area (Å²) in [6.45, 7) is 0.302. The van der Waals surface area contributed by atoms with E-state index in [9.17, 15) is 14.4 Å². The number of rotatable bonds is 9. The number of urea groups is 1. The lowest BCUT2D eigenvalue weighted by molar-refractivity contribution is -0.145. The van der Waals surface area contributed by atoms with Crippen molar-refractivity contribution in [2.24, 2.45) is 5.73 Å². The first-order valence-corrected chi connectivity index (χ1v) is 8.66. The fourth-order valence-electron chi connectivity index (χ4n) is 2.86. The van der Waals surface area contributed by atoms with E-state index in [0.29, 0.717) is 19.4 Å². The van der Waals surface area contributed by atoms with E-state index in [1.807, 2.05) is 0 Å². The molecule has 0 spiro atoms. The van der Waals surface area contributed by atoms with E-state index in [0.717, 1.165) is 0 Å². The Hall–Kier alpha value is -2.77. The lowest BCUT2D eigenvalue weighted by atomic mass is 10.1. The Kier molecular flexibility index (Phi) is 7.25. The van der Waals surface area contributed by atoms with Crippen molar-refractivity contribution in [1.82, 2.24) is 20.4 Å². The van der Waals surface area contributed by atoms with Gasteiger partial charge in [-0.3, -0.25) is 4.79 Å². The zero-order valence-electron chi connectivity index (χ0n) is 14.9. The van der Waals surface area contributed by atoms with Crippen LogP contribution in [0.1, 0.15) is 55.9 Å². The van der Waals surface area contributed by atoms with Crippen LogP contribution in [0.4, 0.5) is 4.79 Å². The van der Waals surface area contributed by atoms with Crippen LogP contribution < -0.4 is 11.1 Å². The average Bonchev–Trinajstić information content (AvgIpc) is 3.27. The van der Waals surface area contributed by atoms with E-state index in [4.69, 9.17) is 30.7 Å². The number of aliphatic hydroxyl groups excluding tert-OH is 1. The van der Waals surface area contributed by atoms with Gasteiger partial charge in [-0.25, -0.2) is 9.59 Å². The standard InChI is InChI=1S/C15H23N5O8/c16-7(3-4-10(21)22)12-18-13(28-19-12)9-2-1-5-20(9)15(27)17-8(14(25)26)6-11(23)24/h7-10,21-22H,1-6,16H2,(H,17,27)(H,23,24)(H,25,26)/t7-,8-,9-/m0/s1. The van der Waals surface area contributed by atoms with Gasteiger partial charge in [0.15, 0.2) is 12.1 Å². The van der Waals surface area contributed by atoms with E-state index in [1.54, 1.807) is 0 Å². The number of aliphatic carboxylic acids is 2. The summed E-state index contributed by atoms with van der Waals surface area (Å²) in [7, 11) is 0. The Morgan fingerprint density at radius 3 is 2.61 bits per heavy atom. The number of nitrogens with one attached hydrogen (secondary N) is 1. The molecule has 1 aliphatic heterocycles. The van der Waals surface area contributed by atoms with Gasteiger partial charge < -0.3 is 40.9 Å². The number of aliphatic hydroxyl groups is 2. The predicted octanol–water partition coefficient (Wildman–Crippen LogP) is -1.07. The van der Waals surface area contributed by atoms with Crippen LogP contribution in [0.3, 0.4) is 0 Å². The molecule has 7 N–H and O–H groups in total. The molecule has 0 aromatic carbocycles. The molecule has 13 nitrogen and oxygen atoms in total. The zero-order valence-corrected chi connectivity index (χ0v) is 14.9. The molecule has 0 bridgehead atoms. The number of amides is 2. The Morgan fingerprint density at radius 2 is 2.00 bits per heavy atom. The topological polar surface area (TPSA) is 212 Å². The normalized spacial score (nSPS) is 18.9. The number of carbonyl (C=O) groups is 3. The molecule has 0 unspecified atom stereocenters. The van der Waals surface area contributed by atoms with Gasteiger partial charge in [-0.2, -0.15) is 4.98 Å². The van der Waals surface area contributed by atoms with Crippen LogP contribution >= 0.6 is 0 Å². The first kappa shape index (κ1) is 21.5. The van der Waals surface area contributed by atoms with Crippen molar-refractivity contribution in [3.63, 3.8) is 0 Å². The lowest BCUT2D eigenvalue weighted by Gasteiger charge is -2.24. The van der Waals surface area contributed by atoms with Crippen molar-refractivity contribution in [2.75, 3.05) is 6.54 Å². The predicted molar refractivity (Wildman–Crippen MR) is 89.6 cm³/mol. The Morgan fingerprint density at radius 1 is 1.29 bits per heavy atom. The van der Waals surface area contributed by atoms with Crippen LogP contribution in [-0.2, 0) is 9.59 Å². The summed E-state index contributed by atoms with van der Waals surface area (Å²) in [4.78, 5) is 39.8. The van der Waals surface area contributed by atoms with Gasteiger partial charge in [0.25, 0.3) is 0 Å². The van der Waals surface area contributed by atoms with E-state index in [2.05, 4.69) is 15.5 Å². The highest BCUT2D eigenvalue weighted by Gasteiger charge is 2.36. The van der Waals surface area contributed by atoms with E-state index < -0.39 is 48.8 Å². The highest BCUT2D eigenvalue weighted by Crippen LogP contribution is 2.31. The third-order valence-corrected chi connectivity index (χ3v) is 4.30. The monoisotopic (exact) mass is 401 g/mol. The van der Waals surface area contributed by atoms with Gasteiger partial charge in [-0.1, -0.05) is 5.16 Å². The summed E-state index contributed by atoms with van der Waals surface area (Å²) in [5, 5.41) is 41.6. The van der Waals surface area contributed by atoms with Gasteiger partial charge in [-0.05, 0) is 25.7 Å². The molecule has 2 rings (SSSR count). The van der Waals surface area contributed by atoms with Gasteiger partial charge in [-0.15, -0.1) is 0 Å². The second kappa shape index (κ2) is 9.43. The van der Waals surface area contributed by atoms with Crippen LogP contribution in [0.2, 0.25) is 0 Å². The molecule has 0 saturated carbocycles. The Balaban J connectivity index is 2.05. The third-order valence-electron chi connectivity index (χ3n) is 4.30. The molecule has 1 saturated heterocycles. The van der Waals surface area contributed by atoms with Crippen LogP contribution in [0.15, 0.2) is 4.52 Å². The molecule has 2 heterocycles. The van der Waals surface area contributed by atoms with Crippen LogP contribution in [0.5, 0.6) is 0 Å². The molecule has 156 valence electrons. The van der Waals surface area contributed by atoms with Gasteiger partial charge in [0.1, 0.15) is 12.1 Å². The summed E-state index contributed by atoms with van der Waals surface area (Å²) in [6, 6.07) is -3.60. The van der Waals surface area contributed by atoms with Gasteiger partial charge >= 0.3 is 18.0 Å². The molecule has 0 radical (unpaired) electrons. The minimum atomic E-state index is -1.57. The summed E-state index contributed by atoms with van der Waals surface area (Å²) >= 11 is 0. The van der Waals surface area contributed by atoms with Gasteiger partial charge in [0, 0.05) is 6.54 Å². The molecule has 1 aliphatic rings. The second-order valence-corrected chi connectivity index (χ2v) is 6.44. The van der Waals surface area contributed by atoms with Crippen LogP contribution in [0, 0.1) is 0 Å². The second-order valence-electron chi connectivity index (χ2n) is 6.44. The maximum atomic E-state index is 12.4. The summed E-state index contributed by atoms with van der Waals surface area (Å²) in [5.41, 5.74) is 5.87. The molecule has 13 heteroatoms. The number of hydrogen-bond donors (Lipinski definition) is 6. The average molecular weight is 401 g/mol. The number of carboxylic acid groups (broad SMARTS) is 2. The Bertz CT molecular complexity index is 708. The number of carboxylic acids is 2. The van der Waals surface area contributed by atoms with Crippen LogP contribution in [0.25, 0.3) is 0 Å². The Labute approximate surface area is 159 Å². The molecular formula is C15H23N5O8. The molecule has 1 fully saturated rings. The molecular weight excluding hydrogens is 378 g/mol. The molecule has 3 atom stereocenters. The summed E-state index contributed by atoms with van der Waals surface area (Å²) in [6.07, 6.45) is -0.912. The first-order chi connectivity index (χ1) is 13.2. The van der Waals surface area contributed by atoms with Crippen molar-refractivity contribution in [1.29, 1.82) is 0 Å². The highest BCUT2D eigenvalue weighted by atomic mass is 16.5. The van der Waals surface area contributed by atoms with Crippen molar-refractivity contribution >= 4 is 18.0 Å². The largest absolute Gasteiger partial charge is 0.481 e. The lowest BCUT2D eigenvalue weighted by Crippen LogP contribution is -2.48. The number of likely N-dealkylation sites (tertiary alicyclic amines) is 1. The maximum Gasteiger partial charge on any atom is 0.326 e. The minimum absolute atomic E-state index is 0.0309. The highest BCUT2D eigenvalue weighted by molar-refractivity contribution is 5.86. The van der Waals surface area contributed by atoms with Crippen molar-refractivity contribution in [3.05, 3.63) is 11.7 Å². The molecule has 28 heavy (non-hydrogen) atoms. The summed E-state index contributed by atoms with van der Waals surface area (Å²) < 4.78 is 5.18.